The van der Waals surface area contributed by atoms with E-state index in [2.05, 4.69) is 32.9 Å². The molecule has 0 aliphatic rings. The SMILES string of the molecule is C=CC(=O)Nc1ccc(-c2c(-c3ccc(Oc4ncc(Cl)c(C)n4)cc3)c3c(N)ncc(C#N)c3n2C)c(C)c1. The number of nitriles is 1. The number of benzene rings is 2. The monoisotopic (exact) mass is 549 g/mol. The molecular weight excluding hydrogens is 526 g/mol. The van der Waals surface area contributed by atoms with E-state index >= 15 is 0 Å². The Morgan fingerprint density at radius 3 is 2.58 bits per heavy atom. The van der Waals surface area contributed by atoms with Gasteiger partial charge in [0.2, 0.25) is 5.91 Å². The molecule has 198 valence electrons. The van der Waals surface area contributed by atoms with E-state index in [1.807, 2.05) is 61.0 Å². The van der Waals surface area contributed by atoms with Crippen LogP contribution in [0.3, 0.4) is 0 Å². The van der Waals surface area contributed by atoms with Crippen molar-refractivity contribution in [3.63, 3.8) is 0 Å². The number of carbonyl (C=O) groups is 1. The molecule has 5 rings (SSSR count). The molecule has 40 heavy (non-hydrogen) atoms. The number of pyridine rings is 1. The molecule has 9 nitrogen and oxygen atoms in total. The standard InChI is InChI=1S/C30H24ClN7O2/c1-5-24(39)37-20-8-11-22(16(2)12-20)28-25(26-27(38(28)4)19(13-32)14-34-29(26)33)18-6-9-21(10-7-18)40-30-35-15-23(31)17(3)36-30/h5-12,14-15H,1H2,2-4H3,(H2,33,34)(H,37,39). The Morgan fingerprint density at radius 1 is 1.18 bits per heavy atom. The van der Waals surface area contributed by atoms with Gasteiger partial charge in [-0.25, -0.2) is 9.97 Å². The lowest BCUT2D eigenvalue weighted by atomic mass is 9.95. The average molecular weight is 550 g/mol. The van der Waals surface area contributed by atoms with Crippen LogP contribution in [0.25, 0.3) is 33.3 Å². The van der Waals surface area contributed by atoms with Crippen LogP contribution in [-0.2, 0) is 11.8 Å². The van der Waals surface area contributed by atoms with E-state index in [9.17, 15) is 10.1 Å². The summed E-state index contributed by atoms with van der Waals surface area (Å²) in [6.45, 7) is 7.24. The number of ether oxygens (including phenoxy) is 1. The zero-order valence-corrected chi connectivity index (χ0v) is 22.7. The number of aryl methyl sites for hydroxylation is 3. The Kier molecular flexibility index (Phi) is 6.94. The van der Waals surface area contributed by atoms with E-state index in [-0.39, 0.29) is 11.9 Å². The topological polar surface area (TPSA) is 132 Å². The maximum Gasteiger partial charge on any atom is 0.322 e. The number of amides is 1. The van der Waals surface area contributed by atoms with Crippen molar-refractivity contribution in [3.05, 3.63) is 89.4 Å². The summed E-state index contributed by atoms with van der Waals surface area (Å²) < 4.78 is 7.80. The van der Waals surface area contributed by atoms with Crippen molar-refractivity contribution in [1.29, 1.82) is 5.26 Å². The second kappa shape index (κ2) is 10.5. The summed E-state index contributed by atoms with van der Waals surface area (Å²) in [7, 11) is 1.89. The van der Waals surface area contributed by atoms with Crippen molar-refractivity contribution in [1.82, 2.24) is 19.5 Å². The number of anilines is 2. The number of hydrogen-bond donors (Lipinski definition) is 2. The molecule has 2 aromatic carbocycles. The van der Waals surface area contributed by atoms with Gasteiger partial charge in [-0.05, 0) is 55.3 Å². The first-order valence-electron chi connectivity index (χ1n) is 12.2. The molecule has 0 atom stereocenters. The van der Waals surface area contributed by atoms with Crippen LogP contribution >= 0.6 is 11.6 Å². The van der Waals surface area contributed by atoms with Gasteiger partial charge >= 0.3 is 6.01 Å². The maximum absolute atomic E-state index is 11.8. The molecule has 10 heteroatoms. The quantitative estimate of drug-likeness (QED) is 0.236. The van der Waals surface area contributed by atoms with Crippen LogP contribution in [-0.4, -0.2) is 25.4 Å². The van der Waals surface area contributed by atoms with Crippen molar-refractivity contribution < 1.29 is 9.53 Å². The van der Waals surface area contributed by atoms with Crippen LogP contribution in [0, 0.1) is 25.2 Å². The molecular formula is C30H24ClN7O2. The maximum atomic E-state index is 11.8. The third-order valence-electron chi connectivity index (χ3n) is 6.54. The molecule has 0 saturated heterocycles. The van der Waals surface area contributed by atoms with Gasteiger partial charge in [0.1, 0.15) is 17.6 Å². The third kappa shape index (κ3) is 4.72. The zero-order chi connectivity index (χ0) is 28.6. The molecule has 3 heterocycles. The number of aromatic nitrogens is 4. The number of fused-ring (bicyclic) bond motifs is 1. The molecule has 0 bridgehead atoms. The van der Waals surface area contributed by atoms with Gasteiger partial charge in [-0.15, -0.1) is 0 Å². The summed E-state index contributed by atoms with van der Waals surface area (Å²) in [4.78, 5) is 24.5. The van der Waals surface area contributed by atoms with Crippen LogP contribution in [0.15, 0.2) is 67.5 Å². The Morgan fingerprint density at radius 2 is 1.93 bits per heavy atom. The normalized spacial score (nSPS) is 10.8. The smallest absolute Gasteiger partial charge is 0.322 e. The first-order valence-corrected chi connectivity index (χ1v) is 12.6. The zero-order valence-electron chi connectivity index (χ0n) is 22.0. The minimum atomic E-state index is -0.295. The number of nitrogens with zero attached hydrogens (tertiary/aromatic N) is 5. The Bertz CT molecular complexity index is 1850. The second-order valence-electron chi connectivity index (χ2n) is 9.11. The van der Waals surface area contributed by atoms with Crippen LogP contribution in [0.4, 0.5) is 11.5 Å². The summed E-state index contributed by atoms with van der Waals surface area (Å²) in [6.07, 6.45) is 4.20. The summed E-state index contributed by atoms with van der Waals surface area (Å²) in [5.74, 6) is 0.551. The van der Waals surface area contributed by atoms with Crippen LogP contribution in [0.1, 0.15) is 16.8 Å². The minimum Gasteiger partial charge on any atom is -0.424 e. The molecule has 0 aliphatic heterocycles. The highest BCUT2D eigenvalue weighted by molar-refractivity contribution is 6.31. The van der Waals surface area contributed by atoms with Crippen LogP contribution in [0.2, 0.25) is 5.02 Å². The largest absolute Gasteiger partial charge is 0.424 e. The first kappa shape index (κ1) is 26.4. The predicted octanol–water partition coefficient (Wildman–Crippen LogP) is 6.34. The lowest BCUT2D eigenvalue weighted by Crippen LogP contribution is -2.07. The Hall–Kier alpha value is -5.20. The van der Waals surface area contributed by atoms with Crippen molar-refractivity contribution in [3.8, 4) is 40.2 Å². The molecule has 3 aromatic heterocycles. The highest BCUT2D eigenvalue weighted by Crippen LogP contribution is 2.44. The molecule has 5 aromatic rings. The fourth-order valence-corrected chi connectivity index (χ4v) is 4.75. The Balaban J connectivity index is 1.67. The number of hydrogen-bond acceptors (Lipinski definition) is 7. The van der Waals surface area contributed by atoms with Gasteiger partial charge in [0.25, 0.3) is 0 Å². The summed E-state index contributed by atoms with van der Waals surface area (Å²) in [5, 5.41) is 13.8. The van der Waals surface area contributed by atoms with Crippen molar-refractivity contribution in [2.45, 2.75) is 13.8 Å². The molecule has 3 N–H and O–H groups in total. The lowest BCUT2D eigenvalue weighted by Gasteiger charge is -2.14. The Labute approximate surface area is 235 Å². The number of rotatable bonds is 6. The fraction of sp³-hybridized carbons (Fsp3) is 0.100. The highest BCUT2D eigenvalue weighted by atomic mass is 35.5. The van der Waals surface area contributed by atoms with Crippen LogP contribution < -0.4 is 15.8 Å². The van der Waals surface area contributed by atoms with E-state index in [1.54, 1.807) is 6.92 Å². The fourth-order valence-electron chi connectivity index (χ4n) is 4.66. The van der Waals surface area contributed by atoms with Gasteiger partial charge in [0.15, 0.2) is 0 Å². The molecule has 0 aliphatic carbocycles. The summed E-state index contributed by atoms with van der Waals surface area (Å²) >= 11 is 6.03. The van der Waals surface area contributed by atoms with Gasteiger partial charge in [0.05, 0.1) is 39.1 Å². The van der Waals surface area contributed by atoms with E-state index in [0.29, 0.717) is 44.4 Å². The van der Waals surface area contributed by atoms with Crippen molar-refractivity contribution >= 4 is 39.9 Å². The lowest BCUT2D eigenvalue weighted by molar-refractivity contribution is -0.111. The number of nitrogens with two attached hydrogens (primary N) is 1. The molecule has 0 saturated carbocycles. The minimum absolute atomic E-state index is 0.187. The van der Waals surface area contributed by atoms with E-state index in [1.165, 1.54) is 18.5 Å². The molecule has 0 radical (unpaired) electrons. The first-order chi connectivity index (χ1) is 19.2. The van der Waals surface area contributed by atoms with Crippen molar-refractivity contribution in [2.75, 3.05) is 11.1 Å². The van der Waals surface area contributed by atoms with E-state index < -0.39 is 0 Å². The van der Waals surface area contributed by atoms with Gasteiger partial charge in [-0.1, -0.05) is 36.4 Å². The molecule has 0 fully saturated rings. The summed E-state index contributed by atoms with van der Waals surface area (Å²) in [5.41, 5.74) is 13.1. The van der Waals surface area contributed by atoms with Gasteiger partial charge in [0, 0.05) is 30.1 Å². The van der Waals surface area contributed by atoms with Gasteiger partial charge in [-0.3, -0.25) is 4.79 Å². The molecule has 0 spiro atoms. The number of nitrogens with one attached hydrogen (secondary N) is 1. The van der Waals surface area contributed by atoms with Crippen molar-refractivity contribution in [2.24, 2.45) is 7.05 Å². The molecule has 1 amide bonds. The average Bonchev–Trinajstić information content (AvgIpc) is 3.25. The summed E-state index contributed by atoms with van der Waals surface area (Å²) in [6, 6.07) is 15.5. The van der Waals surface area contributed by atoms with Crippen LogP contribution in [0.5, 0.6) is 11.8 Å². The number of nitrogen functional groups attached to an aromatic ring is 1. The number of halogens is 1. The van der Waals surface area contributed by atoms with Gasteiger partial charge in [-0.2, -0.15) is 10.2 Å². The predicted molar refractivity (Wildman–Crippen MR) is 156 cm³/mol. The van der Waals surface area contributed by atoms with E-state index in [0.717, 1.165) is 27.9 Å². The van der Waals surface area contributed by atoms with E-state index in [4.69, 9.17) is 22.1 Å². The highest BCUT2D eigenvalue weighted by Gasteiger charge is 2.24. The number of carbonyl (C=O) groups excluding carboxylic acids is 1. The molecule has 0 unspecified atom stereocenters. The second-order valence-corrected chi connectivity index (χ2v) is 9.52. The third-order valence-corrected chi connectivity index (χ3v) is 6.91. The van der Waals surface area contributed by atoms with Gasteiger partial charge < -0.3 is 20.4 Å².